The van der Waals surface area contributed by atoms with E-state index in [1.54, 1.807) is 7.11 Å². The Balaban J connectivity index is 1.37. The van der Waals surface area contributed by atoms with E-state index in [4.69, 9.17) is 4.74 Å². The van der Waals surface area contributed by atoms with Gasteiger partial charge in [-0.25, -0.2) is 0 Å². The quantitative estimate of drug-likeness (QED) is 0.753. The number of quaternary nitrogens is 1. The van der Waals surface area contributed by atoms with Gasteiger partial charge < -0.3 is 19.5 Å². The van der Waals surface area contributed by atoms with Crippen molar-refractivity contribution in [2.45, 2.75) is 6.54 Å². The van der Waals surface area contributed by atoms with Crippen molar-refractivity contribution in [3.8, 4) is 5.75 Å². The lowest BCUT2D eigenvalue weighted by atomic mass is 10.1. The highest BCUT2D eigenvalue weighted by Gasteiger charge is 2.25. The van der Waals surface area contributed by atoms with Crippen molar-refractivity contribution in [2.75, 3.05) is 33.3 Å². The summed E-state index contributed by atoms with van der Waals surface area (Å²) >= 11 is 0. The number of fused-ring (bicyclic) bond motifs is 1. The third kappa shape index (κ3) is 3.30. The van der Waals surface area contributed by atoms with Gasteiger partial charge in [-0.3, -0.25) is 4.79 Å². The molecule has 3 aromatic rings. The van der Waals surface area contributed by atoms with E-state index < -0.39 is 0 Å². The lowest BCUT2D eigenvalue weighted by Gasteiger charge is -2.32. The van der Waals surface area contributed by atoms with Gasteiger partial charge in [0, 0.05) is 28.2 Å². The molecule has 1 aliphatic heterocycles. The molecule has 4 rings (SSSR count). The molecule has 1 saturated heterocycles. The third-order valence-electron chi connectivity index (χ3n) is 5.21. The number of hydrogen-bond acceptors (Lipinski definition) is 2. The standard InChI is InChI=1S/C21H23N3O2/c1-26-18-8-6-16(7-9-18)21(25)24-12-10-23(11-13-24)15-17-14-22-20-5-3-2-4-19(17)20/h2-9,14,22H,10-13,15H2,1H3/p+1. The molecular formula is C21H24N3O2+. The number of H-pyrrole nitrogens is 1. The molecule has 5 nitrogen and oxygen atoms in total. The summed E-state index contributed by atoms with van der Waals surface area (Å²) in [6.45, 7) is 4.53. The number of carbonyl (C=O) groups excluding carboxylic acids is 1. The molecule has 0 bridgehead atoms. The predicted molar refractivity (Wildman–Crippen MR) is 102 cm³/mol. The lowest BCUT2D eigenvalue weighted by molar-refractivity contribution is -0.917. The van der Waals surface area contributed by atoms with Crippen LogP contribution in [0.25, 0.3) is 10.9 Å². The second kappa shape index (κ2) is 7.22. The molecule has 2 aromatic carbocycles. The number of amides is 1. The first kappa shape index (κ1) is 16.7. The van der Waals surface area contributed by atoms with Gasteiger partial charge in [0.05, 0.1) is 33.3 Å². The molecule has 134 valence electrons. The summed E-state index contributed by atoms with van der Waals surface area (Å²) in [5.74, 6) is 0.883. The van der Waals surface area contributed by atoms with Crippen LogP contribution in [0, 0.1) is 0 Å². The average Bonchev–Trinajstić information content (AvgIpc) is 3.11. The molecule has 1 aliphatic rings. The van der Waals surface area contributed by atoms with E-state index in [9.17, 15) is 4.79 Å². The van der Waals surface area contributed by atoms with Crippen LogP contribution in [0.3, 0.4) is 0 Å². The van der Waals surface area contributed by atoms with Gasteiger partial charge in [-0.15, -0.1) is 0 Å². The van der Waals surface area contributed by atoms with Gasteiger partial charge in [-0.1, -0.05) is 18.2 Å². The topological polar surface area (TPSA) is 49.8 Å². The van der Waals surface area contributed by atoms with Crippen LogP contribution in [0.4, 0.5) is 0 Å². The Labute approximate surface area is 153 Å². The number of methoxy groups -OCH3 is 1. The van der Waals surface area contributed by atoms with Crippen LogP contribution in [0.5, 0.6) is 5.75 Å². The van der Waals surface area contributed by atoms with E-state index in [0.717, 1.165) is 44.0 Å². The second-order valence-corrected chi connectivity index (χ2v) is 6.81. The van der Waals surface area contributed by atoms with E-state index in [1.807, 2.05) is 29.2 Å². The summed E-state index contributed by atoms with van der Waals surface area (Å²) in [5.41, 5.74) is 3.27. The van der Waals surface area contributed by atoms with Crippen LogP contribution in [-0.2, 0) is 6.54 Å². The highest BCUT2D eigenvalue weighted by molar-refractivity contribution is 5.94. The Bertz CT molecular complexity index is 893. The molecule has 0 saturated carbocycles. The van der Waals surface area contributed by atoms with Gasteiger partial charge in [0.2, 0.25) is 0 Å². The van der Waals surface area contributed by atoms with Gasteiger partial charge in [0.1, 0.15) is 12.3 Å². The summed E-state index contributed by atoms with van der Waals surface area (Å²) in [5, 5.41) is 1.30. The van der Waals surface area contributed by atoms with Gasteiger partial charge >= 0.3 is 0 Å². The number of nitrogens with one attached hydrogen (secondary N) is 2. The number of aromatic nitrogens is 1. The smallest absolute Gasteiger partial charge is 0.254 e. The number of nitrogens with zero attached hydrogens (tertiary/aromatic N) is 1. The Morgan fingerprint density at radius 1 is 1.12 bits per heavy atom. The zero-order valence-corrected chi connectivity index (χ0v) is 15.0. The summed E-state index contributed by atoms with van der Waals surface area (Å²) in [4.78, 5) is 19.5. The van der Waals surface area contributed by atoms with Crippen molar-refractivity contribution in [2.24, 2.45) is 0 Å². The fourth-order valence-electron chi connectivity index (χ4n) is 3.67. The Hall–Kier alpha value is -2.79. The number of rotatable bonds is 4. The van der Waals surface area contributed by atoms with Crippen LogP contribution >= 0.6 is 0 Å². The molecule has 0 spiro atoms. The number of para-hydroxylation sites is 1. The average molecular weight is 350 g/mol. The lowest BCUT2D eigenvalue weighted by Crippen LogP contribution is -3.13. The molecule has 0 unspecified atom stereocenters. The predicted octanol–water partition coefficient (Wildman–Crippen LogP) is 1.72. The highest BCUT2D eigenvalue weighted by atomic mass is 16.5. The molecule has 1 aromatic heterocycles. The van der Waals surface area contributed by atoms with Gasteiger partial charge in [0.15, 0.2) is 0 Å². The summed E-state index contributed by atoms with van der Waals surface area (Å²) in [6, 6.07) is 15.8. The molecule has 5 heteroatoms. The van der Waals surface area contributed by atoms with Crippen molar-refractivity contribution in [1.82, 2.24) is 9.88 Å². The number of piperazine rings is 1. The molecule has 2 heterocycles. The maximum absolute atomic E-state index is 12.7. The largest absolute Gasteiger partial charge is 0.497 e. The molecule has 26 heavy (non-hydrogen) atoms. The van der Waals surface area contributed by atoms with Crippen molar-refractivity contribution in [3.63, 3.8) is 0 Å². The first-order valence-corrected chi connectivity index (χ1v) is 9.06. The monoisotopic (exact) mass is 350 g/mol. The normalized spacial score (nSPS) is 15.3. The fourth-order valence-corrected chi connectivity index (χ4v) is 3.67. The molecule has 1 amide bonds. The first-order valence-electron chi connectivity index (χ1n) is 9.06. The summed E-state index contributed by atoms with van der Waals surface area (Å²) in [6.07, 6.45) is 2.12. The molecule has 2 N–H and O–H groups in total. The van der Waals surface area contributed by atoms with E-state index >= 15 is 0 Å². The summed E-state index contributed by atoms with van der Waals surface area (Å²) in [7, 11) is 1.63. The zero-order valence-electron chi connectivity index (χ0n) is 15.0. The third-order valence-corrected chi connectivity index (χ3v) is 5.21. The van der Waals surface area contributed by atoms with Crippen molar-refractivity contribution in [1.29, 1.82) is 0 Å². The number of hydrogen-bond donors (Lipinski definition) is 2. The zero-order chi connectivity index (χ0) is 17.9. The highest BCUT2D eigenvalue weighted by Crippen LogP contribution is 2.17. The molecular weight excluding hydrogens is 326 g/mol. The van der Waals surface area contributed by atoms with Crippen molar-refractivity contribution < 1.29 is 14.4 Å². The SMILES string of the molecule is COc1ccc(C(=O)N2CC[NH+](Cc3c[nH]c4ccccc34)CC2)cc1. The van der Waals surface area contributed by atoms with E-state index in [-0.39, 0.29) is 5.91 Å². The molecule has 1 fully saturated rings. The Morgan fingerprint density at radius 3 is 2.58 bits per heavy atom. The fraction of sp³-hybridized carbons (Fsp3) is 0.286. The minimum Gasteiger partial charge on any atom is -0.497 e. The maximum Gasteiger partial charge on any atom is 0.254 e. The first-order chi connectivity index (χ1) is 12.7. The van der Waals surface area contributed by atoms with Crippen molar-refractivity contribution >= 4 is 16.8 Å². The van der Waals surface area contributed by atoms with E-state index in [1.165, 1.54) is 21.4 Å². The minimum atomic E-state index is 0.110. The van der Waals surface area contributed by atoms with Crippen LogP contribution in [0.15, 0.2) is 54.7 Å². The van der Waals surface area contributed by atoms with Crippen LogP contribution in [-0.4, -0.2) is 49.1 Å². The number of aromatic amines is 1. The number of benzene rings is 2. The van der Waals surface area contributed by atoms with Crippen molar-refractivity contribution in [3.05, 3.63) is 65.9 Å². The maximum atomic E-state index is 12.7. The van der Waals surface area contributed by atoms with Crippen LogP contribution in [0.1, 0.15) is 15.9 Å². The van der Waals surface area contributed by atoms with Gasteiger partial charge in [0.25, 0.3) is 5.91 Å². The van der Waals surface area contributed by atoms with E-state index in [0.29, 0.717) is 0 Å². The second-order valence-electron chi connectivity index (χ2n) is 6.81. The Kier molecular flexibility index (Phi) is 4.63. The minimum absolute atomic E-state index is 0.110. The molecule has 0 radical (unpaired) electrons. The molecule has 0 aliphatic carbocycles. The van der Waals surface area contributed by atoms with Crippen LogP contribution < -0.4 is 9.64 Å². The molecule has 0 atom stereocenters. The Morgan fingerprint density at radius 2 is 1.85 bits per heavy atom. The number of carbonyl (C=O) groups is 1. The summed E-state index contributed by atoms with van der Waals surface area (Å²) < 4.78 is 5.16. The van der Waals surface area contributed by atoms with Gasteiger partial charge in [-0.2, -0.15) is 0 Å². The van der Waals surface area contributed by atoms with Crippen LogP contribution in [0.2, 0.25) is 0 Å². The van der Waals surface area contributed by atoms with Gasteiger partial charge in [-0.05, 0) is 30.3 Å². The van der Waals surface area contributed by atoms with E-state index in [2.05, 4.69) is 35.4 Å². The number of ether oxygens (including phenoxy) is 1.